The maximum absolute atomic E-state index is 11.8. The summed E-state index contributed by atoms with van der Waals surface area (Å²) in [6.07, 6.45) is 2.17. The van der Waals surface area contributed by atoms with Crippen LogP contribution in [-0.2, 0) is 11.2 Å². The standard InChI is InChI=1S/C15H21NO3/c1-3-11(4-2)10-16-14(17)9-12-7-5-6-8-13(12)15(18)19/h5-8,11H,3-4,9-10H2,1-2H3,(H,16,17)(H,18,19). The van der Waals surface area contributed by atoms with Crippen LogP contribution in [0.3, 0.4) is 0 Å². The SMILES string of the molecule is CCC(CC)CNC(=O)Cc1ccccc1C(=O)O. The number of carboxylic acids is 1. The maximum atomic E-state index is 11.8. The number of carbonyl (C=O) groups is 2. The van der Waals surface area contributed by atoms with Gasteiger partial charge in [0.25, 0.3) is 0 Å². The van der Waals surface area contributed by atoms with Gasteiger partial charge < -0.3 is 10.4 Å². The van der Waals surface area contributed by atoms with E-state index in [-0.39, 0.29) is 17.9 Å². The molecule has 0 aliphatic heterocycles. The Labute approximate surface area is 113 Å². The molecule has 0 aliphatic rings. The van der Waals surface area contributed by atoms with Crippen LogP contribution >= 0.6 is 0 Å². The van der Waals surface area contributed by atoms with Crippen LogP contribution in [0.15, 0.2) is 24.3 Å². The lowest BCUT2D eigenvalue weighted by Crippen LogP contribution is -2.30. The van der Waals surface area contributed by atoms with E-state index in [9.17, 15) is 9.59 Å². The van der Waals surface area contributed by atoms with E-state index in [2.05, 4.69) is 19.2 Å². The second-order valence-corrected chi connectivity index (χ2v) is 4.63. The van der Waals surface area contributed by atoms with Gasteiger partial charge >= 0.3 is 5.97 Å². The van der Waals surface area contributed by atoms with Crippen LogP contribution in [0.5, 0.6) is 0 Å². The summed E-state index contributed by atoms with van der Waals surface area (Å²) >= 11 is 0. The largest absolute Gasteiger partial charge is 0.478 e. The van der Waals surface area contributed by atoms with E-state index in [1.54, 1.807) is 18.2 Å². The molecule has 0 aliphatic carbocycles. The Balaban J connectivity index is 2.60. The highest BCUT2D eigenvalue weighted by Gasteiger charge is 2.13. The molecule has 0 spiro atoms. The van der Waals surface area contributed by atoms with Crippen molar-refractivity contribution in [2.45, 2.75) is 33.1 Å². The summed E-state index contributed by atoms with van der Waals surface area (Å²) in [5, 5.41) is 11.9. The fraction of sp³-hybridized carbons (Fsp3) is 0.467. The van der Waals surface area contributed by atoms with Gasteiger partial charge in [0.05, 0.1) is 12.0 Å². The number of amides is 1. The number of rotatable bonds is 7. The Kier molecular flexibility index (Phi) is 6.06. The first kappa shape index (κ1) is 15.2. The highest BCUT2D eigenvalue weighted by atomic mass is 16.4. The van der Waals surface area contributed by atoms with E-state index in [0.29, 0.717) is 18.0 Å². The van der Waals surface area contributed by atoms with Crippen LogP contribution in [0, 0.1) is 5.92 Å². The van der Waals surface area contributed by atoms with Crippen molar-refractivity contribution >= 4 is 11.9 Å². The van der Waals surface area contributed by atoms with Gasteiger partial charge in [0.1, 0.15) is 0 Å². The Morgan fingerprint density at radius 2 is 1.84 bits per heavy atom. The molecule has 0 saturated carbocycles. The molecular formula is C15H21NO3. The molecule has 104 valence electrons. The third kappa shape index (κ3) is 4.73. The number of hydrogen-bond acceptors (Lipinski definition) is 2. The van der Waals surface area contributed by atoms with E-state index < -0.39 is 5.97 Å². The molecule has 1 rings (SSSR count). The van der Waals surface area contributed by atoms with Gasteiger partial charge in [0, 0.05) is 6.54 Å². The highest BCUT2D eigenvalue weighted by molar-refractivity contribution is 5.91. The van der Waals surface area contributed by atoms with Gasteiger partial charge in [-0.2, -0.15) is 0 Å². The smallest absolute Gasteiger partial charge is 0.335 e. The molecule has 0 heterocycles. The lowest BCUT2D eigenvalue weighted by molar-refractivity contribution is -0.120. The lowest BCUT2D eigenvalue weighted by Gasteiger charge is -2.13. The number of nitrogens with one attached hydrogen (secondary N) is 1. The van der Waals surface area contributed by atoms with Crippen LogP contribution < -0.4 is 5.32 Å². The van der Waals surface area contributed by atoms with Gasteiger partial charge in [-0.3, -0.25) is 4.79 Å². The first-order valence-corrected chi connectivity index (χ1v) is 6.66. The van der Waals surface area contributed by atoms with Crippen molar-refractivity contribution in [2.75, 3.05) is 6.54 Å². The van der Waals surface area contributed by atoms with Crippen LogP contribution in [0.4, 0.5) is 0 Å². The van der Waals surface area contributed by atoms with E-state index in [4.69, 9.17) is 5.11 Å². The molecule has 0 fully saturated rings. The molecule has 1 aromatic rings. The summed E-state index contributed by atoms with van der Waals surface area (Å²) in [6.45, 7) is 4.85. The topological polar surface area (TPSA) is 66.4 Å². The van der Waals surface area contributed by atoms with Gasteiger partial charge in [0.2, 0.25) is 5.91 Å². The number of carbonyl (C=O) groups excluding carboxylic acids is 1. The molecule has 0 atom stereocenters. The van der Waals surface area contributed by atoms with E-state index in [1.165, 1.54) is 6.07 Å². The van der Waals surface area contributed by atoms with Crippen molar-refractivity contribution in [3.63, 3.8) is 0 Å². The zero-order chi connectivity index (χ0) is 14.3. The highest BCUT2D eigenvalue weighted by Crippen LogP contribution is 2.10. The first-order valence-electron chi connectivity index (χ1n) is 6.66. The average Bonchev–Trinajstić information content (AvgIpc) is 2.40. The minimum absolute atomic E-state index is 0.114. The Morgan fingerprint density at radius 1 is 1.21 bits per heavy atom. The summed E-state index contributed by atoms with van der Waals surface area (Å²) in [7, 11) is 0. The molecule has 0 aromatic heterocycles. The van der Waals surface area contributed by atoms with Crippen molar-refractivity contribution in [1.29, 1.82) is 0 Å². The van der Waals surface area contributed by atoms with Crippen LogP contribution in [0.1, 0.15) is 42.6 Å². The van der Waals surface area contributed by atoms with Crippen LogP contribution in [-0.4, -0.2) is 23.5 Å². The van der Waals surface area contributed by atoms with Crippen LogP contribution in [0.2, 0.25) is 0 Å². The summed E-state index contributed by atoms with van der Waals surface area (Å²) in [6, 6.07) is 6.61. The first-order chi connectivity index (χ1) is 9.08. The number of aromatic carboxylic acids is 1. The molecule has 2 N–H and O–H groups in total. The minimum atomic E-state index is -0.997. The summed E-state index contributed by atoms with van der Waals surface area (Å²) in [5.74, 6) is -0.636. The van der Waals surface area contributed by atoms with Gasteiger partial charge in [-0.25, -0.2) is 4.79 Å². The Morgan fingerprint density at radius 3 is 2.42 bits per heavy atom. The molecular weight excluding hydrogens is 242 g/mol. The second kappa shape index (κ2) is 7.56. The predicted octanol–water partition coefficient (Wildman–Crippen LogP) is 2.48. The third-order valence-corrected chi connectivity index (χ3v) is 3.34. The molecule has 1 amide bonds. The predicted molar refractivity (Wildman–Crippen MR) is 74.2 cm³/mol. The fourth-order valence-corrected chi connectivity index (χ4v) is 1.95. The van der Waals surface area contributed by atoms with Gasteiger partial charge in [-0.05, 0) is 17.5 Å². The van der Waals surface area contributed by atoms with E-state index >= 15 is 0 Å². The lowest BCUT2D eigenvalue weighted by atomic mass is 10.0. The van der Waals surface area contributed by atoms with Gasteiger partial charge in [0.15, 0.2) is 0 Å². The van der Waals surface area contributed by atoms with Gasteiger partial charge in [-0.1, -0.05) is 44.9 Å². The zero-order valence-electron chi connectivity index (χ0n) is 11.5. The fourth-order valence-electron chi connectivity index (χ4n) is 1.95. The summed E-state index contributed by atoms with van der Waals surface area (Å²) in [5.41, 5.74) is 0.747. The maximum Gasteiger partial charge on any atom is 0.335 e. The quantitative estimate of drug-likeness (QED) is 0.794. The number of benzene rings is 1. The molecule has 1 aromatic carbocycles. The Hall–Kier alpha value is -1.84. The number of carboxylic acid groups (broad SMARTS) is 1. The van der Waals surface area contributed by atoms with Crippen molar-refractivity contribution in [3.8, 4) is 0 Å². The minimum Gasteiger partial charge on any atom is -0.478 e. The van der Waals surface area contributed by atoms with E-state index in [0.717, 1.165) is 12.8 Å². The van der Waals surface area contributed by atoms with Crippen LogP contribution in [0.25, 0.3) is 0 Å². The Bertz CT molecular complexity index is 439. The second-order valence-electron chi connectivity index (χ2n) is 4.63. The van der Waals surface area contributed by atoms with Crippen molar-refractivity contribution < 1.29 is 14.7 Å². The van der Waals surface area contributed by atoms with Crippen molar-refractivity contribution in [2.24, 2.45) is 5.92 Å². The zero-order valence-corrected chi connectivity index (χ0v) is 11.5. The third-order valence-electron chi connectivity index (χ3n) is 3.34. The molecule has 0 bridgehead atoms. The summed E-state index contributed by atoms with van der Waals surface area (Å²) < 4.78 is 0. The molecule has 0 saturated heterocycles. The molecule has 4 nitrogen and oxygen atoms in total. The number of hydrogen-bond donors (Lipinski definition) is 2. The van der Waals surface area contributed by atoms with Crippen molar-refractivity contribution in [3.05, 3.63) is 35.4 Å². The van der Waals surface area contributed by atoms with Crippen molar-refractivity contribution in [1.82, 2.24) is 5.32 Å². The molecule has 0 radical (unpaired) electrons. The molecule has 19 heavy (non-hydrogen) atoms. The normalized spacial score (nSPS) is 10.5. The molecule has 4 heteroatoms. The monoisotopic (exact) mass is 263 g/mol. The average molecular weight is 263 g/mol. The molecule has 0 unspecified atom stereocenters. The van der Waals surface area contributed by atoms with Gasteiger partial charge in [-0.15, -0.1) is 0 Å². The summed E-state index contributed by atoms with van der Waals surface area (Å²) in [4.78, 5) is 22.8. The van der Waals surface area contributed by atoms with E-state index in [1.807, 2.05) is 0 Å².